The number of aromatic carboxylic acids is 1. The molecule has 0 saturated carbocycles. The number of hydrogen-bond donors (Lipinski definition) is 2. The molecule has 1 aromatic carbocycles. The van der Waals surface area contributed by atoms with Crippen molar-refractivity contribution < 1.29 is 15.0 Å². The first-order valence-corrected chi connectivity index (χ1v) is 5.17. The van der Waals surface area contributed by atoms with Gasteiger partial charge in [-0.2, -0.15) is 0 Å². The Morgan fingerprint density at radius 3 is 2.56 bits per heavy atom. The molecule has 1 aromatic rings. The molecule has 2 N–H and O–H groups in total. The van der Waals surface area contributed by atoms with Crippen LogP contribution >= 0.6 is 0 Å². The topological polar surface area (TPSA) is 57.5 Å². The summed E-state index contributed by atoms with van der Waals surface area (Å²) in [6, 6.07) is 6.60. The molecule has 0 aromatic heterocycles. The minimum absolute atomic E-state index is 0. The Kier molecular flexibility index (Phi) is 8.54. The average Bonchev–Trinajstić information content (AvgIpc) is 2.25. The molecule has 0 aliphatic heterocycles. The van der Waals surface area contributed by atoms with E-state index < -0.39 is 12.1 Å². The second-order valence-electron chi connectivity index (χ2n) is 3.55. The zero-order valence-electron chi connectivity index (χ0n) is 8.81. The number of carboxylic acid groups (broad SMARTS) is 1. The Hall–Kier alpha value is 0.286. The van der Waals surface area contributed by atoms with E-state index in [0.717, 1.165) is 12.8 Å². The molecule has 0 aliphatic carbocycles. The summed E-state index contributed by atoms with van der Waals surface area (Å²) in [7, 11) is 0. The molecular formula is C12H17KO3. The van der Waals surface area contributed by atoms with Crippen LogP contribution in [0.15, 0.2) is 24.3 Å². The van der Waals surface area contributed by atoms with Gasteiger partial charge in [0.15, 0.2) is 0 Å². The van der Waals surface area contributed by atoms with Crippen LogP contribution in [0.1, 0.15) is 48.2 Å². The van der Waals surface area contributed by atoms with Gasteiger partial charge in [-0.25, -0.2) is 4.79 Å². The van der Waals surface area contributed by atoms with Gasteiger partial charge in [-0.1, -0.05) is 38.0 Å². The molecule has 0 radical (unpaired) electrons. The van der Waals surface area contributed by atoms with Crippen molar-refractivity contribution in [2.75, 3.05) is 0 Å². The minimum atomic E-state index is -0.985. The van der Waals surface area contributed by atoms with E-state index >= 15 is 0 Å². The molecule has 0 fully saturated rings. The van der Waals surface area contributed by atoms with Crippen molar-refractivity contribution in [2.24, 2.45) is 0 Å². The normalized spacial score (nSPS) is 11.6. The van der Waals surface area contributed by atoms with E-state index in [2.05, 4.69) is 0 Å². The Bertz CT molecular complexity index is 339. The van der Waals surface area contributed by atoms with Gasteiger partial charge in [-0.05, 0) is 18.1 Å². The molecule has 16 heavy (non-hydrogen) atoms. The van der Waals surface area contributed by atoms with Gasteiger partial charge in [0, 0.05) is 0 Å². The zero-order valence-corrected chi connectivity index (χ0v) is 8.81. The van der Waals surface area contributed by atoms with Crippen LogP contribution in [0.3, 0.4) is 0 Å². The third-order valence-corrected chi connectivity index (χ3v) is 2.38. The van der Waals surface area contributed by atoms with Gasteiger partial charge in [0.05, 0.1) is 11.7 Å². The van der Waals surface area contributed by atoms with Gasteiger partial charge >= 0.3 is 57.4 Å². The number of carboxylic acids is 1. The second kappa shape index (κ2) is 8.39. The van der Waals surface area contributed by atoms with E-state index in [1.165, 1.54) is 6.07 Å². The Morgan fingerprint density at radius 1 is 1.38 bits per heavy atom. The fraction of sp³-hybridized carbons (Fsp3) is 0.417. The van der Waals surface area contributed by atoms with Gasteiger partial charge in [0.1, 0.15) is 0 Å². The van der Waals surface area contributed by atoms with E-state index in [1.807, 2.05) is 6.92 Å². The average molecular weight is 248 g/mol. The molecule has 0 aliphatic rings. The van der Waals surface area contributed by atoms with E-state index in [1.54, 1.807) is 18.2 Å². The zero-order chi connectivity index (χ0) is 11.3. The predicted molar refractivity (Wildman–Crippen MR) is 65.0 cm³/mol. The van der Waals surface area contributed by atoms with Crippen molar-refractivity contribution in [1.82, 2.24) is 0 Å². The van der Waals surface area contributed by atoms with E-state index in [9.17, 15) is 9.90 Å². The summed E-state index contributed by atoms with van der Waals surface area (Å²) in [6.45, 7) is 2.04. The summed E-state index contributed by atoms with van der Waals surface area (Å²) in [6.07, 6.45) is 1.83. The number of hydrogen-bond acceptors (Lipinski definition) is 2. The summed E-state index contributed by atoms with van der Waals surface area (Å²) in [4.78, 5) is 10.9. The molecule has 0 saturated heterocycles. The molecule has 4 heteroatoms. The standard InChI is InChI=1S/C12H16O3.K.H/c1-2-3-8-11(13)9-6-4-5-7-10(9)12(14)15;;/h4-7,11,13H,2-3,8H2,1H3,(H,14,15);;. The number of benzene rings is 1. The maximum atomic E-state index is 10.9. The molecule has 3 nitrogen and oxygen atoms in total. The summed E-state index contributed by atoms with van der Waals surface area (Å²) in [5.74, 6) is -0.985. The molecule has 0 spiro atoms. The molecule has 84 valence electrons. The molecule has 0 amide bonds. The summed E-state index contributed by atoms with van der Waals surface area (Å²) in [5, 5.41) is 18.7. The number of aliphatic hydroxyl groups excluding tert-OH is 1. The fourth-order valence-corrected chi connectivity index (χ4v) is 1.54. The van der Waals surface area contributed by atoms with Crippen LogP contribution < -0.4 is 0 Å². The van der Waals surface area contributed by atoms with Gasteiger partial charge in [0.25, 0.3) is 0 Å². The molecular weight excluding hydrogens is 231 g/mol. The maximum absolute atomic E-state index is 10.9. The van der Waals surface area contributed by atoms with Gasteiger partial charge in [-0.3, -0.25) is 0 Å². The third kappa shape index (κ3) is 4.65. The van der Waals surface area contributed by atoms with Crippen molar-refractivity contribution in [3.8, 4) is 0 Å². The van der Waals surface area contributed by atoms with Crippen LogP contribution in [0, 0.1) is 0 Å². The number of carbonyl (C=O) groups is 1. The van der Waals surface area contributed by atoms with Crippen LogP contribution in [0.4, 0.5) is 0 Å². The van der Waals surface area contributed by atoms with Crippen molar-refractivity contribution in [1.29, 1.82) is 0 Å². The van der Waals surface area contributed by atoms with Crippen LogP contribution in [-0.2, 0) is 0 Å². The second-order valence-corrected chi connectivity index (χ2v) is 3.55. The SMILES string of the molecule is CCCCC(O)c1ccccc1C(=O)O.[KH]. The van der Waals surface area contributed by atoms with Gasteiger partial charge in [0.2, 0.25) is 0 Å². The quantitative estimate of drug-likeness (QED) is 0.783. The van der Waals surface area contributed by atoms with Crippen molar-refractivity contribution in [3.63, 3.8) is 0 Å². The fourth-order valence-electron chi connectivity index (χ4n) is 1.54. The third-order valence-electron chi connectivity index (χ3n) is 2.38. The van der Waals surface area contributed by atoms with Crippen LogP contribution in [0.2, 0.25) is 0 Å². The molecule has 0 heterocycles. The van der Waals surface area contributed by atoms with Crippen LogP contribution in [0.5, 0.6) is 0 Å². The summed E-state index contributed by atoms with van der Waals surface area (Å²) in [5.41, 5.74) is 0.708. The van der Waals surface area contributed by atoms with E-state index in [-0.39, 0.29) is 56.9 Å². The van der Waals surface area contributed by atoms with Crippen molar-refractivity contribution in [2.45, 2.75) is 32.3 Å². The van der Waals surface area contributed by atoms with Crippen LogP contribution in [-0.4, -0.2) is 67.6 Å². The monoisotopic (exact) mass is 248 g/mol. The summed E-state index contributed by atoms with van der Waals surface area (Å²) >= 11 is 0. The molecule has 0 bridgehead atoms. The molecule has 1 unspecified atom stereocenters. The number of unbranched alkanes of at least 4 members (excludes halogenated alkanes) is 1. The van der Waals surface area contributed by atoms with Crippen molar-refractivity contribution >= 4 is 57.4 Å². The van der Waals surface area contributed by atoms with Gasteiger partial charge in [-0.15, -0.1) is 0 Å². The molecule has 1 atom stereocenters. The Labute approximate surface area is 138 Å². The van der Waals surface area contributed by atoms with E-state index in [4.69, 9.17) is 5.11 Å². The first-order chi connectivity index (χ1) is 7.16. The first-order valence-electron chi connectivity index (χ1n) is 5.17. The van der Waals surface area contributed by atoms with Crippen molar-refractivity contribution in [3.05, 3.63) is 35.4 Å². The van der Waals surface area contributed by atoms with Gasteiger partial charge < -0.3 is 10.2 Å². The van der Waals surface area contributed by atoms with Crippen LogP contribution in [0.25, 0.3) is 0 Å². The summed E-state index contributed by atoms with van der Waals surface area (Å²) < 4.78 is 0. The number of rotatable bonds is 5. The number of aliphatic hydroxyl groups is 1. The first kappa shape index (κ1) is 16.3. The molecule has 1 rings (SSSR count). The Morgan fingerprint density at radius 2 is 2.00 bits per heavy atom. The van der Waals surface area contributed by atoms with E-state index in [0.29, 0.717) is 12.0 Å². The Balaban J connectivity index is 0.00000225. The predicted octanol–water partition coefficient (Wildman–Crippen LogP) is 1.96.